The van der Waals surface area contributed by atoms with Gasteiger partial charge >= 0.3 is 0 Å². The minimum Gasteiger partial charge on any atom is -0.484 e. The predicted octanol–water partition coefficient (Wildman–Crippen LogP) is 3.68. The molecule has 0 amide bonds. The Morgan fingerprint density at radius 2 is 1.75 bits per heavy atom. The number of para-hydroxylation sites is 1. The average molecular weight is 265 g/mol. The summed E-state index contributed by atoms with van der Waals surface area (Å²) in [4.78, 5) is 15.2. The van der Waals surface area contributed by atoms with Gasteiger partial charge in [0.1, 0.15) is 17.9 Å². The number of ketones is 1. The first-order chi connectivity index (χ1) is 9.81. The second-order valence-corrected chi connectivity index (χ2v) is 4.46. The summed E-state index contributed by atoms with van der Waals surface area (Å²) in [6.07, 6.45) is -0.588. The van der Waals surface area contributed by atoms with E-state index in [9.17, 15) is 4.79 Å². The van der Waals surface area contributed by atoms with Gasteiger partial charge in [0.15, 0.2) is 5.78 Å². The summed E-state index contributed by atoms with van der Waals surface area (Å²) < 4.78 is 5.87. The number of benzene rings is 2. The van der Waals surface area contributed by atoms with Crippen molar-refractivity contribution in [3.8, 4) is 5.75 Å². The zero-order valence-corrected chi connectivity index (χ0v) is 10.5. The first-order valence-electron chi connectivity index (χ1n) is 6.20. The van der Waals surface area contributed by atoms with Crippen LogP contribution in [0.4, 0.5) is 0 Å². The van der Waals surface area contributed by atoms with Crippen LogP contribution in [0.25, 0.3) is 10.4 Å². The number of fused-ring (bicyclic) bond motifs is 1. The van der Waals surface area contributed by atoms with Crippen LogP contribution in [0.15, 0.2) is 59.7 Å². The van der Waals surface area contributed by atoms with Gasteiger partial charge in [0.2, 0.25) is 0 Å². The van der Waals surface area contributed by atoms with Crippen LogP contribution >= 0.6 is 0 Å². The lowest BCUT2D eigenvalue weighted by Crippen LogP contribution is -2.34. The molecule has 0 spiro atoms. The number of Topliss-reactive ketones (excluding diaryl/α,β-unsaturated/α-hetero) is 1. The first-order valence-corrected chi connectivity index (χ1v) is 6.20. The smallest absolute Gasteiger partial charge is 0.179 e. The Kier molecular flexibility index (Phi) is 3.11. The fraction of sp³-hybridized carbons (Fsp3) is 0.133. The fourth-order valence-corrected chi connectivity index (χ4v) is 2.33. The van der Waals surface area contributed by atoms with E-state index in [-0.39, 0.29) is 5.78 Å². The van der Waals surface area contributed by atoms with E-state index in [2.05, 4.69) is 10.0 Å². The van der Waals surface area contributed by atoms with Gasteiger partial charge in [-0.2, -0.15) is 0 Å². The number of hydrogen-bond acceptors (Lipinski definition) is 3. The van der Waals surface area contributed by atoms with Crippen LogP contribution in [0.1, 0.15) is 22.0 Å². The van der Waals surface area contributed by atoms with Gasteiger partial charge in [-0.1, -0.05) is 47.6 Å². The molecule has 3 rings (SSSR count). The van der Waals surface area contributed by atoms with Crippen molar-refractivity contribution >= 4 is 5.78 Å². The minimum absolute atomic E-state index is 0.210. The highest BCUT2D eigenvalue weighted by Crippen LogP contribution is 2.36. The summed E-state index contributed by atoms with van der Waals surface area (Å²) in [6.45, 7) is 0. The molecule has 1 aliphatic rings. The molecule has 0 fully saturated rings. The highest BCUT2D eigenvalue weighted by molar-refractivity contribution is 6.04. The van der Waals surface area contributed by atoms with Crippen LogP contribution in [-0.2, 0) is 0 Å². The number of rotatable bonds is 2. The van der Waals surface area contributed by atoms with Crippen molar-refractivity contribution < 1.29 is 9.53 Å². The molecular weight excluding hydrogens is 254 g/mol. The van der Waals surface area contributed by atoms with Crippen LogP contribution < -0.4 is 4.74 Å². The number of carbonyl (C=O) groups is 1. The largest absolute Gasteiger partial charge is 0.484 e. The average Bonchev–Trinajstić information content (AvgIpc) is 2.51. The highest BCUT2D eigenvalue weighted by atomic mass is 16.5. The third-order valence-electron chi connectivity index (χ3n) is 3.27. The Morgan fingerprint density at radius 1 is 1.05 bits per heavy atom. The number of azide groups is 1. The van der Waals surface area contributed by atoms with E-state index in [1.165, 1.54) is 0 Å². The summed E-state index contributed by atoms with van der Waals surface area (Å²) in [5.41, 5.74) is 9.97. The molecule has 5 heteroatoms. The van der Waals surface area contributed by atoms with E-state index in [0.717, 1.165) is 5.56 Å². The fourth-order valence-electron chi connectivity index (χ4n) is 2.33. The highest BCUT2D eigenvalue weighted by Gasteiger charge is 2.37. The molecule has 0 bridgehead atoms. The predicted molar refractivity (Wildman–Crippen MR) is 73.5 cm³/mol. The van der Waals surface area contributed by atoms with Crippen LogP contribution in [0.2, 0.25) is 0 Å². The van der Waals surface area contributed by atoms with Crippen molar-refractivity contribution in [1.82, 2.24) is 0 Å². The van der Waals surface area contributed by atoms with E-state index >= 15 is 0 Å². The van der Waals surface area contributed by atoms with Crippen LogP contribution in [-0.4, -0.2) is 11.8 Å². The molecule has 5 nitrogen and oxygen atoms in total. The lowest BCUT2D eigenvalue weighted by atomic mass is 9.92. The van der Waals surface area contributed by atoms with Crippen molar-refractivity contribution in [1.29, 1.82) is 0 Å². The zero-order valence-electron chi connectivity index (χ0n) is 10.5. The summed E-state index contributed by atoms with van der Waals surface area (Å²) in [7, 11) is 0. The summed E-state index contributed by atoms with van der Waals surface area (Å²) >= 11 is 0. The number of ether oxygens (including phenoxy) is 1. The zero-order chi connectivity index (χ0) is 13.9. The third-order valence-corrected chi connectivity index (χ3v) is 3.27. The Hall–Kier alpha value is -2.78. The van der Waals surface area contributed by atoms with Gasteiger partial charge in [0.25, 0.3) is 0 Å². The van der Waals surface area contributed by atoms with E-state index in [0.29, 0.717) is 11.3 Å². The molecule has 0 saturated carbocycles. The normalized spacial score (nSPS) is 20.5. The first kappa shape index (κ1) is 12.3. The van der Waals surface area contributed by atoms with Gasteiger partial charge in [-0.15, -0.1) is 0 Å². The van der Waals surface area contributed by atoms with Crippen molar-refractivity contribution in [2.45, 2.75) is 12.1 Å². The maximum absolute atomic E-state index is 12.4. The van der Waals surface area contributed by atoms with Crippen molar-refractivity contribution in [3.05, 3.63) is 76.2 Å². The Morgan fingerprint density at radius 3 is 2.50 bits per heavy atom. The number of hydrogen-bond donors (Lipinski definition) is 0. The molecule has 0 aliphatic carbocycles. The molecule has 2 atom stereocenters. The molecule has 98 valence electrons. The lowest BCUT2D eigenvalue weighted by molar-refractivity contribution is 0.0789. The van der Waals surface area contributed by atoms with Gasteiger partial charge < -0.3 is 4.74 Å². The van der Waals surface area contributed by atoms with Crippen molar-refractivity contribution in [2.24, 2.45) is 5.11 Å². The van der Waals surface area contributed by atoms with E-state index < -0.39 is 12.1 Å². The van der Waals surface area contributed by atoms with Crippen LogP contribution in [0.3, 0.4) is 0 Å². The topological polar surface area (TPSA) is 75.1 Å². The summed E-state index contributed by atoms with van der Waals surface area (Å²) in [5.74, 6) is 0.314. The van der Waals surface area contributed by atoms with E-state index in [1.54, 1.807) is 18.2 Å². The van der Waals surface area contributed by atoms with Gasteiger partial charge in [-0.05, 0) is 23.2 Å². The van der Waals surface area contributed by atoms with Crippen LogP contribution in [0.5, 0.6) is 5.75 Å². The molecule has 1 aliphatic heterocycles. The molecule has 20 heavy (non-hydrogen) atoms. The Bertz CT molecular complexity index is 693. The molecule has 0 saturated heterocycles. The maximum atomic E-state index is 12.4. The summed E-state index contributed by atoms with van der Waals surface area (Å²) in [6, 6.07) is 15.4. The van der Waals surface area contributed by atoms with E-state index in [4.69, 9.17) is 10.3 Å². The van der Waals surface area contributed by atoms with Gasteiger partial charge in [0, 0.05) is 4.91 Å². The quantitative estimate of drug-likeness (QED) is 0.472. The number of carbonyl (C=O) groups excluding carboxylic acids is 1. The van der Waals surface area contributed by atoms with Crippen LogP contribution in [0, 0.1) is 0 Å². The molecular formula is C15H11N3O2. The molecule has 2 aromatic carbocycles. The Balaban J connectivity index is 2.10. The third kappa shape index (κ3) is 2.00. The second-order valence-electron chi connectivity index (χ2n) is 4.46. The van der Waals surface area contributed by atoms with Crippen molar-refractivity contribution in [3.63, 3.8) is 0 Å². The monoisotopic (exact) mass is 265 g/mol. The standard InChI is InChI=1S/C15H11N3O2/c16-18-17-13-14(19)11-8-4-5-9-12(11)20-15(13)10-6-2-1-3-7-10/h1-9,13,15H/t13-,15+/m0/s1. The number of nitrogens with zero attached hydrogens (tertiary/aromatic N) is 3. The minimum atomic E-state index is -0.878. The maximum Gasteiger partial charge on any atom is 0.179 e. The van der Waals surface area contributed by atoms with E-state index in [1.807, 2.05) is 36.4 Å². The molecule has 0 N–H and O–H groups in total. The SMILES string of the molecule is [N-]=[N+]=N[C@H]1C(=O)c2ccccc2O[C@@H]1c1ccccc1. The molecule has 2 aromatic rings. The van der Waals surface area contributed by atoms with Gasteiger partial charge in [0.05, 0.1) is 5.56 Å². The molecule has 0 unspecified atom stereocenters. The molecule has 1 heterocycles. The van der Waals surface area contributed by atoms with Gasteiger partial charge in [-0.3, -0.25) is 4.79 Å². The Labute approximate surface area is 115 Å². The molecule has 0 aromatic heterocycles. The second kappa shape index (κ2) is 5.07. The lowest BCUT2D eigenvalue weighted by Gasteiger charge is -2.30. The molecule has 0 radical (unpaired) electrons. The summed E-state index contributed by atoms with van der Waals surface area (Å²) in [5, 5.41) is 3.63. The van der Waals surface area contributed by atoms with Crippen molar-refractivity contribution in [2.75, 3.05) is 0 Å². The van der Waals surface area contributed by atoms with Gasteiger partial charge in [-0.25, -0.2) is 0 Å².